The number of aromatic nitrogens is 5. The maximum absolute atomic E-state index is 13.3. The standard InChI is InChI=1S/C44H45N11O7S/c1-25(2)49-33-21-34(35-11-10-29-20-26(22-45)23-48-55(29)35)47-24-31(33)42-53-52-41(63-42)27-6-8-28(9-7-27)50-38(57)14-16-61-18-19-62-17-15-46-32-5-3-4-30-39(32)44(60)54(43(30)59)36-12-13-37(56)51-40(36)58/h3-5,10-11,20-21,23-25,27,36,46H,6-9,12-19H2,1-2H3,(H,47,49)(H,51,56,58). The number of anilines is 2. The lowest BCUT2D eigenvalue weighted by Crippen LogP contribution is -2.54. The van der Waals surface area contributed by atoms with Gasteiger partial charge in [0.2, 0.25) is 17.7 Å². The van der Waals surface area contributed by atoms with E-state index in [9.17, 15) is 29.2 Å². The lowest BCUT2D eigenvalue weighted by molar-refractivity contribution is -0.136. The molecular formula is C44H45N11O7S. The van der Waals surface area contributed by atoms with E-state index in [1.54, 1.807) is 46.3 Å². The van der Waals surface area contributed by atoms with Crippen LogP contribution in [0.15, 0.2) is 59.9 Å². The Morgan fingerprint density at radius 1 is 0.952 bits per heavy atom. The topological polar surface area (TPSA) is 235 Å². The van der Waals surface area contributed by atoms with Gasteiger partial charge >= 0.3 is 0 Å². The van der Waals surface area contributed by atoms with Gasteiger partial charge in [0.25, 0.3) is 11.8 Å². The van der Waals surface area contributed by atoms with Crippen LogP contribution in [0.1, 0.15) is 96.0 Å². The summed E-state index contributed by atoms with van der Waals surface area (Å²) in [5, 5.41) is 33.4. The second kappa shape index (κ2) is 19.1. The number of piperidine rings is 1. The summed E-state index contributed by atoms with van der Waals surface area (Å²) in [6.45, 7) is 5.57. The number of hydrogen-bond donors (Lipinski definition) is 3. The number of carbonyl (C=O) groups is 5. The molecule has 3 N–H and O–H groups in total. The van der Waals surface area contributed by atoms with Gasteiger partial charge in [-0.15, -0.1) is 10.2 Å². The van der Waals surface area contributed by atoms with Crippen molar-refractivity contribution in [3.63, 3.8) is 0 Å². The number of amides is 5. The van der Waals surface area contributed by atoms with Gasteiger partial charge in [-0.3, -0.25) is 39.2 Å². The Kier molecular flexibility index (Phi) is 13.0. The number of rotatable bonds is 16. The molecule has 0 radical (unpaired) electrons. The molecule has 2 aliphatic heterocycles. The average Bonchev–Trinajstić information content (AvgIpc) is 4.00. The fraction of sp³-hybridized carbons (Fsp3) is 0.386. The zero-order valence-corrected chi connectivity index (χ0v) is 35.6. The van der Waals surface area contributed by atoms with Crippen molar-refractivity contribution in [3.05, 3.63) is 76.6 Å². The predicted octanol–water partition coefficient (Wildman–Crippen LogP) is 5.17. The molecule has 1 atom stereocenters. The first kappa shape index (κ1) is 42.9. The molecule has 324 valence electrons. The number of pyridine rings is 1. The lowest BCUT2D eigenvalue weighted by Gasteiger charge is -2.27. The smallest absolute Gasteiger partial charge is 0.264 e. The number of nitrogens with zero attached hydrogens (tertiary/aromatic N) is 8. The van der Waals surface area contributed by atoms with Crippen LogP contribution in [0.2, 0.25) is 0 Å². The number of benzene rings is 1. The second-order valence-electron chi connectivity index (χ2n) is 15.7. The average molecular weight is 872 g/mol. The first-order valence-corrected chi connectivity index (χ1v) is 21.7. The van der Waals surface area contributed by atoms with Crippen LogP contribution in [0.25, 0.3) is 27.5 Å². The van der Waals surface area contributed by atoms with Crippen molar-refractivity contribution in [1.82, 2.24) is 35.0 Å². The van der Waals surface area contributed by atoms with E-state index in [1.807, 2.05) is 24.4 Å². The molecule has 1 unspecified atom stereocenters. The number of ether oxygens (including phenoxy) is 2. The number of carbonyl (C=O) groups excluding carboxylic acids is 5. The Hall–Kier alpha value is -6.75. The first-order chi connectivity index (χ1) is 30.6. The van der Waals surface area contributed by atoms with Gasteiger partial charge in [-0.25, -0.2) is 9.51 Å². The minimum Gasteiger partial charge on any atom is -0.382 e. The zero-order chi connectivity index (χ0) is 44.0. The van der Waals surface area contributed by atoms with Crippen LogP contribution in [0.4, 0.5) is 11.4 Å². The summed E-state index contributed by atoms with van der Waals surface area (Å²) >= 11 is 1.56. The van der Waals surface area contributed by atoms with E-state index >= 15 is 0 Å². The van der Waals surface area contributed by atoms with Crippen LogP contribution in [0.5, 0.6) is 0 Å². The molecule has 0 bridgehead atoms. The van der Waals surface area contributed by atoms with Crippen LogP contribution < -0.4 is 16.0 Å². The Balaban J connectivity index is 0.750. The van der Waals surface area contributed by atoms with Gasteiger partial charge in [0.05, 0.1) is 78.2 Å². The van der Waals surface area contributed by atoms with Crippen LogP contribution in [0, 0.1) is 11.3 Å². The van der Waals surface area contributed by atoms with Gasteiger partial charge in [-0.1, -0.05) is 17.4 Å². The molecule has 1 aromatic carbocycles. The van der Waals surface area contributed by atoms with Crippen molar-refractivity contribution in [3.8, 4) is 28.0 Å². The van der Waals surface area contributed by atoms with Crippen molar-refractivity contribution < 1.29 is 33.4 Å². The van der Waals surface area contributed by atoms with E-state index in [0.717, 1.165) is 61.6 Å². The van der Waals surface area contributed by atoms with Crippen molar-refractivity contribution in [2.75, 3.05) is 43.6 Å². The van der Waals surface area contributed by atoms with Gasteiger partial charge in [0.1, 0.15) is 17.1 Å². The molecule has 18 nitrogen and oxygen atoms in total. The number of imide groups is 2. The van der Waals surface area contributed by atoms with Crippen molar-refractivity contribution in [2.24, 2.45) is 4.99 Å². The van der Waals surface area contributed by atoms with Crippen LogP contribution in [-0.2, 0) is 23.9 Å². The van der Waals surface area contributed by atoms with E-state index in [1.165, 1.54) is 0 Å². The number of nitrogens with one attached hydrogen (secondary N) is 3. The minimum atomic E-state index is -1.03. The summed E-state index contributed by atoms with van der Waals surface area (Å²) in [5.41, 5.74) is 6.31. The predicted molar refractivity (Wildman–Crippen MR) is 232 cm³/mol. The molecular weight excluding hydrogens is 827 g/mol. The van der Waals surface area contributed by atoms with Crippen molar-refractivity contribution in [2.45, 2.75) is 76.8 Å². The molecule has 1 saturated heterocycles. The molecule has 8 rings (SSSR count). The fourth-order valence-corrected chi connectivity index (χ4v) is 8.94. The lowest BCUT2D eigenvalue weighted by atomic mass is 9.88. The van der Waals surface area contributed by atoms with Crippen molar-refractivity contribution >= 4 is 63.5 Å². The van der Waals surface area contributed by atoms with Gasteiger partial charge in [0.15, 0.2) is 5.01 Å². The van der Waals surface area contributed by atoms with Gasteiger partial charge in [-0.05, 0) is 82.3 Å². The molecule has 5 amide bonds. The molecule has 1 saturated carbocycles. The van der Waals surface area contributed by atoms with E-state index < -0.39 is 29.7 Å². The maximum Gasteiger partial charge on any atom is 0.264 e. The highest BCUT2D eigenvalue weighted by atomic mass is 32.1. The summed E-state index contributed by atoms with van der Waals surface area (Å²) in [7, 11) is 0. The van der Waals surface area contributed by atoms with E-state index in [-0.39, 0.29) is 68.1 Å². The molecule has 63 heavy (non-hydrogen) atoms. The molecule has 3 aliphatic rings. The normalized spacial score (nSPS) is 17.6. The SMILES string of the molecule is CC(C)Nc1cc(-c2ccc3cc(C#N)cnn23)ncc1-c1nnc(C2CCC(=NC(=O)CCOCCOCCNc3cccc4c3C(=O)N(C3CCC(=O)NC3=O)C4=O)CC2)s1. The van der Waals surface area contributed by atoms with E-state index in [4.69, 9.17) is 14.5 Å². The summed E-state index contributed by atoms with van der Waals surface area (Å²) in [6.07, 6.45) is 6.70. The van der Waals surface area contributed by atoms with E-state index in [0.29, 0.717) is 37.2 Å². The maximum atomic E-state index is 13.3. The molecule has 2 fully saturated rings. The fourth-order valence-electron chi connectivity index (χ4n) is 7.90. The summed E-state index contributed by atoms with van der Waals surface area (Å²) in [6, 6.07) is 13.8. The first-order valence-electron chi connectivity index (χ1n) is 20.9. The Morgan fingerprint density at radius 3 is 2.54 bits per heavy atom. The summed E-state index contributed by atoms with van der Waals surface area (Å²) < 4.78 is 13.0. The number of hydrogen-bond acceptors (Lipinski definition) is 15. The molecule has 5 aromatic rings. The van der Waals surface area contributed by atoms with E-state index in [2.05, 4.69) is 56.2 Å². The molecule has 4 aromatic heterocycles. The largest absolute Gasteiger partial charge is 0.382 e. The summed E-state index contributed by atoms with van der Waals surface area (Å²) in [4.78, 5) is 73.0. The highest BCUT2D eigenvalue weighted by molar-refractivity contribution is 7.14. The Bertz CT molecular complexity index is 2660. The highest BCUT2D eigenvalue weighted by Crippen LogP contribution is 2.39. The number of fused-ring (bicyclic) bond motifs is 2. The third-order valence-electron chi connectivity index (χ3n) is 11.0. The Labute approximate surface area is 366 Å². The van der Waals surface area contributed by atoms with Gasteiger partial charge in [-0.2, -0.15) is 10.4 Å². The number of aliphatic imine (C=N–C) groups is 1. The second-order valence-corrected chi connectivity index (χ2v) is 16.7. The third kappa shape index (κ3) is 9.52. The minimum absolute atomic E-state index is 0.0500. The molecule has 0 spiro atoms. The quantitative estimate of drug-likeness (QED) is 0.0858. The van der Waals surface area contributed by atoms with Crippen molar-refractivity contribution in [1.29, 1.82) is 5.26 Å². The van der Waals surface area contributed by atoms with Gasteiger partial charge in [0, 0.05) is 48.2 Å². The van der Waals surface area contributed by atoms with Gasteiger partial charge < -0.3 is 20.1 Å². The molecule has 1 aliphatic carbocycles. The highest BCUT2D eigenvalue weighted by Gasteiger charge is 2.45. The third-order valence-corrected chi connectivity index (χ3v) is 12.1. The van der Waals surface area contributed by atoms with Crippen LogP contribution in [-0.4, -0.2) is 110 Å². The monoisotopic (exact) mass is 871 g/mol. The molecule has 6 heterocycles. The van der Waals surface area contributed by atoms with Crippen LogP contribution in [0.3, 0.4) is 0 Å². The number of nitriles is 1. The Morgan fingerprint density at radius 2 is 1.76 bits per heavy atom. The summed E-state index contributed by atoms with van der Waals surface area (Å²) in [5.74, 6) is -2.24. The molecule has 19 heteroatoms. The van der Waals surface area contributed by atoms with Crippen LogP contribution >= 0.6 is 11.3 Å². The zero-order valence-electron chi connectivity index (χ0n) is 34.8.